The van der Waals surface area contributed by atoms with Gasteiger partial charge < -0.3 is 9.47 Å². The number of para-hydroxylation sites is 2. The zero-order valence-electron chi connectivity index (χ0n) is 26.3. The summed E-state index contributed by atoms with van der Waals surface area (Å²) in [6.45, 7) is 6.96. The molecule has 0 aliphatic heterocycles. The molecule has 0 radical (unpaired) electrons. The van der Waals surface area contributed by atoms with E-state index < -0.39 is 0 Å². The van der Waals surface area contributed by atoms with Crippen molar-refractivity contribution in [2.24, 2.45) is 0 Å². The molecule has 46 heavy (non-hydrogen) atoms. The first-order chi connectivity index (χ1) is 22.5. The largest absolute Gasteiger partial charge is 0.310 e. The average Bonchev–Trinajstić information content (AvgIpc) is 3.52. The molecule has 7 aromatic carbocycles. The van der Waals surface area contributed by atoms with Gasteiger partial charge in [0.05, 0.1) is 16.7 Å². The molecule has 0 amide bonds. The molecular weight excluding hydrogens is 556 g/mol. The summed E-state index contributed by atoms with van der Waals surface area (Å²) in [5.41, 5.74) is 13.8. The van der Waals surface area contributed by atoms with Crippen LogP contribution in [0.5, 0.6) is 0 Å². The molecule has 9 rings (SSSR count). The summed E-state index contributed by atoms with van der Waals surface area (Å²) in [4.78, 5) is 2.36. The first-order valence-corrected chi connectivity index (χ1v) is 16.1. The Kier molecular flexibility index (Phi) is 5.79. The molecule has 0 saturated heterocycles. The lowest BCUT2D eigenvalue weighted by atomic mass is 9.81. The Balaban J connectivity index is 1.38. The lowest BCUT2D eigenvalue weighted by Crippen LogP contribution is -2.15. The number of benzene rings is 7. The van der Waals surface area contributed by atoms with Gasteiger partial charge in [0, 0.05) is 38.6 Å². The molecule has 0 N–H and O–H groups in total. The lowest BCUT2D eigenvalue weighted by Gasteiger charge is -2.25. The molecule has 0 saturated carbocycles. The number of hydrogen-bond donors (Lipinski definition) is 0. The number of fused-ring (bicyclic) bond motifs is 7. The number of aryl methyl sites for hydroxylation is 1. The fraction of sp³-hybridized carbons (Fsp3) is 0.0909. The van der Waals surface area contributed by atoms with Crippen molar-refractivity contribution < 1.29 is 0 Å². The van der Waals surface area contributed by atoms with Crippen molar-refractivity contribution in [3.8, 4) is 16.8 Å². The molecule has 0 spiro atoms. The monoisotopic (exact) mass is 590 g/mol. The fourth-order valence-corrected chi connectivity index (χ4v) is 7.75. The summed E-state index contributed by atoms with van der Waals surface area (Å²) in [5.74, 6) is 0. The van der Waals surface area contributed by atoms with E-state index in [4.69, 9.17) is 0 Å². The first kappa shape index (κ1) is 26.8. The Morgan fingerprint density at radius 1 is 0.478 bits per heavy atom. The molecule has 0 unspecified atom stereocenters. The Morgan fingerprint density at radius 2 is 1.13 bits per heavy atom. The second kappa shape index (κ2) is 9.95. The van der Waals surface area contributed by atoms with Crippen LogP contribution in [0.15, 0.2) is 152 Å². The van der Waals surface area contributed by atoms with Gasteiger partial charge in [-0.15, -0.1) is 0 Å². The summed E-state index contributed by atoms with van der Waals surface area (Å²) in [7, 11) is 0. The Hall–Kier alpha value is -5.60. The van der Waals surface area contributed by atoms with E-state index >= 15 is 0 Å². The van der Waals surface area contributed by atoms with Crippen LogP contribution in [0.3, 0.4) is 0 Å². The average molecular weight is 591 g/mol. The third-order valence-corrected chi connectivity index (χ3v) is 9.99. The third-order valence-electron chi connectivity index (χ3n) is 9.99. The summed E-state index contributed by atoms with van der Waals surface area (Å²) >= 11 is 0. The number of anilines is 3. The van der Waals surface area contributed by atoms with Gasteiger partial charge in [-0.25, -0.2) is 0 Å². The number of rotatable bonds is 4. The van der Waals surface area contributed by atoms with Crippen LogP contribution in [0.4, 0.5) is 17.1 Å². The molecule has 2 heteroatoms. The summed E-state index contributed by atoms with van der Waals surface area (Å²) in [6, 6.07) is 55.6. The topological polar surface area (TPSA) is 8.17 Å². The fourth-order valence-electron chi connectivity index (χ4n) is 7.75. The van der Waals surface area contributed by atoms with Crippen molar-refractivity contribution in [2.45, 2.75) is 26.2 Å². The first-order valence-electron chi connectivity index (χ1n) is 16.1. The van der Waals surface area contributed by atoms with Crippen LogP contribution in [-0.4, -0.2) is 4.57 Å². The normalized spacial score (nSPS) is 13.3. The van der Waals surface area contributed by atoms with E-state index in [1.807, 2.05) is 0 Å². The highest BCUT2D eigenvalue weighted by molar-refractivity contribution is 6.13. The predicted octanol–water partition coefficient (Wildman–Crippen LogP) is 12.0. The molecule has 0 atom stereocenters. The molecule has 1 aromatic heterocycles. The molecule has 0 fully saturated rings. The van der Waals surface area contributed by atoms with Crippen LogP contribution in [0, 0.1) is 6.92 Å². The van der Waals surface area contributed by atoms with E-state index in [2.05, 4.69) is 182 Å². The van der Waals surface area contributed by atoms with Crippen molar-refractivity contribution in [3.63, 3.8) is 0 Å². The van der Waals surface area contributed by atoms with Crippen LogP contribution >= 0.6 is 0 Å². The second-order valence-corrected chi connectivity index (χ2v) is 13.1. The van der Waals surface area contributed by atoms with Gasteiger partial charge in [-0.2, -0.15) is 0 Å². The molecule has 0 bridgehead atoms. The molecule has 220 valence electrons. The van der Waals surface area contributed by atoms with Gasteiger partial charge >= 0.3 is 0 Å². The Bertz CT molecular complexity index is 2400. The standard InChI is InChI=1S/C44H34N2/c1-29-21-23-35-36-28-43-38(27-40(36)44(2,3)39(35)25-29)37-26-33(45(31-15-6-4-7-16-31)32-17-8-5-9-18-32)22-24-42(37)46(43)41-20-12-14-30-13-10-11-19-34(30)41/h4-28H,1-3H3. The van der Waals surface area contributed by atoms with Crippen molar-refractivity contribution >= 4 is 49.6 Å². The molecular formula is C44H34N2. The maximum absolute atomic E-state index is 2.49. The Morgan fingerprint density at radius 3 is 1.89 bits per heavy atom. The van der Waals surface area contributed by atoms with Crippen LogP contribution in [0.25, 0.3) is 49.4 Å². The zero-order valence-corrected chi connectivity index (χ0v) is 26.3. The molecule has 8 aromatic rings. The maximum atomic E-state index is 2.49. The third kappa shape index (κ3) is 3.90. The summed E-state index contributed by atoms with van der Waals surface area (Å²) in [6.07, 6.45) is 0. The van der Waals surface area contributed by atoms with E-state index in [0.717, 1.165) is 17.1 Å². The van der Waals surface area contributed by atoms with Gasteiger partial charge in [0.15, 0.2) is 0 Å². The van der Waals surface area contributed by atoms with Crippen molar-refractivity contribution in [2.75, 3.05) is 4.90 Å². The number of nitrogens with zero attached hydrogens (tertiary/aromatic N) is 2. The van der Waals surface area contributed by atoms with E-state index in [1.54, 1.807) is 0 Å². The van der Waals surface area contributed by atoms with E-state index in [1.165, 1.54) is 66.1 Å². The summed E-state index contributed by atoms with van der Waals surface area (Å²) < 4.78 is 2.49. The highest BCUT2D eigenvalue weighted by atomic mass is 15.1. The second-order valence-electron chi connectivity index (χ2n) is 13.1. The zero-order chi connectivity index (χ0) is 31.0. The minimum absolute atomic E-state index is 0.0868. The maximum Gasteiger partial charge on any atom is 0.0547 e. The molecule has 1 aliphatic rings. The minimum Gasteiger partial charge on any atom is -0.310 e. The van der Waals surface area contributed by atoms with E-state index in [-0.39, 0.29) is 5.41 Å². The SMILES string of the molecule is Cc1ccc2c(c1)C(C)(C)c1cc3c4cc(N(c5ccccc5)c5ccccc5)ccc4n(-c4cccc5ccccc45)c3cc1-2. The van der Waals surface area contributed by atoms with E-state index in [9.17, 15) is 0 Å². The van der Waals surface area contributed by atoms with Gasteiger partial charge in [0.2, 0.25) is 0 Å². The van der Waals surface area contributed by atoms with Crippen LogP contribution < -0.4 is 4.90 Å². The van der Waals surface area contributed by atoms with Gasteiger partial charge in [-0.1, -0.05) is 110 Å². The Labute approximate surface area is 269 Å². The van der Waals surface area contributed by atoms with Crippen molar-refractivity contribution in [1.29, 1.82) is 0 Å². The van der Waals surface area contributed by atoms with Gasteiger partial charge in [-0.05, 0) is 95.2 Å². The van der Waals surface area contributed by atoms with Gasteiger partial charge in [0.1, 0.15) is 0 Å². The minimum atomic E-state index is -0.0868. The predicted molar refractivity (Wildman–Crippen MR) is 195 cm³/mol. The van der Waals surface area contributed by atoms with Gasteiger partial charge in [0.25, 0.3) is 0 Å². The highest BCUT2D eigenvalue weighted by Gasteiger charge is 2.36. The van der Waals surface area contributed by atoms with Crippen molar-refractivity contribution in [1.82, 2.24) is 4.57 Å². The lowest BCUT2D eigenvalue weighted by molar-refractivity contribution is 0.660. The van der Waals surface area contributed by atoms with Gasteiger partial charge in [-0.3, -0.25) is 0 Å². The van der Waals surface area contributed by atoms with Crippen LogP contribution in [0.2, 0.25) is 0 Å². The highest BCUT2D eigenvalue weighted by Crippen LogP contribution is 2.52. The quantitative estimate of drug-likeness (QED) is 0.198. The summed E-state index contributed by atoms with van der Waals surface area (Å²) in [5, 5.41) is 5.03. The number of hydrogen-bond acceptors (Lipinski definition) is 1. The molecule has 1 aliphatic carbocycles. The molecule has 1 heterocycles. The van der Waals surface area contributed by atoms with Crippen molar-refractivity contribution in [3.05, 3.63) is 168 Å². The smallest absolute Gasteiger partial charge is 0.0547 e. The molecule has 2 nitrogen and oxygen atoms in total. The van der Waals surface area contributed by atoms with Crippen LogP contribution in [0.1, 0.15) is 30.5 Å². The number of aromatic nitrogens is 1. The van der Waals surface area contributed by atoms with E-state index in [0.29, 0.717) is 0 Å². The van der Waals surface area contributed by atoms with Crippen LogP contribution in [-0.2, 0) is 5.41 Å².